The van der Waals surface area contributed by atoms with Gasteiger partial charge >= 0.3 is 17.0 Å². The summed E-state index contributed by atoms with van der Waals surface area (Å²) in [5.41, 5.74) is -0.0805. The minimum Gasteiger partial charge on any atom is -0.481 e. The lowest BCUT2D eigenvalue weighted by Crippen LogP contribution is -2.17. The molecular weight excluding hydrogens is 453 g/mol. The van der Waals surface area contributed by atoms with Crippen LogP contribution in [0.1, 0.15) is 11.4 Å². The summed E-state index contributed by atoms with van der Waals surface area (Å²) < 4.78 is 43.3. The molecule has 0 bridgehead atoms. The van der Waals surface area contributed by atoms with E-state index in [-0.39, 0.29) is 33.8 Å². The SMILES string of the molecule is O=C(O)CSc1nnc(Cn2c(=O)sc3ccccc32)n1-c1cccc(C(F)(F)F)c1. The fourth-order valence-electron chi connectivity index (χ4n) is 3.01. The molecule has 0 fully saturated rings. The van der Waals surface area contributed by atoms with Gasteiger partial charge in [-0.3, -0.25) is 18.7 Å². The lowest BCUT2D eigenvalue weighted by Gasteiger charge is -2.13. The van der Waals surface area contributed by atoms with E-state index in [9.17, 15) is 22.8 Å². The van der Waals surface area contributed by atoms with Crippen molar-refractivity contribution in [3.63, 3.8) is 0 Å². The van der Waals surface area contributed by atoms with Gasteiger partial charge in [0.1, 0.15) is 0 Å². The van der Waals surface area contributed by atoms with Gasteiger partial charge in [0, 0.05) is 0 Å². The second-order valence-electron chi connectivity index (χ2n) is 6.39. The quantitative estimate of drug-likeness (QED) is 0.434. The highest BCUT2D eigenvalue weighted by Gasteiger charge is 2.31. The van der Waals surface area contributed by atoms with Crippen molar-refractivity contribution in [1.29, 1.82) is 0 Å². The van der Waals surface area contributed by atoms with Gasteiger partial charge in [0.25, 0.3) is 0 Å². The number of nitrogens with zero attached hydrogens (tertiary/aromatic N) is 4. The van der Waals surface area contributed by atoms with E-state index in [4.69, 9.17) is 5.11 Å². The second-order valence-corrected chi connectivity index (χ2v) is 8.32. The molecule has 0 amide bonds. The van der Waals surface area contributed by atoms with Crippen molar-refractivity contribution in [3.8, 4) is 5.69 Å². The number of carboxylic acid groups (broad SMARTS) is 1. The van der Waals surface area contributed by atoms with Gasteiger partial charge in [-0.1, -0.05) is 41.3 Å². The zero-order valence-electron chi connectivity index (χ0n) is 15.5. The molecule has 0 saturated carbocycles. The first-order valence-electron chi connectivity index (χ1n) is 8.79. The Morgan fingerprint density at radius 3 is 2.65 bits per heavy atom. The number of carboxylic acids is 1. The van der Waals surface area contributed by atoms with Crippen molar-refractivity contribution in [2.24, 2.45) is 0 Å². The number of rotatable bonds is 6. The average molecular weight is 466 g/mol. The summed E-state index contributed by atoms with van der Waals surface area (Å²) in [6.45, 7) is -0.0419. The Hall–Kier alpha value is -3.12. The van der Waals surface area contributed by atoms with Crippen molar-refractivity contribution in [2.75, 3.05) is 5.75 Å². The first-order valence-corrected chi connectivity index (χ1v) is 10.6. The third-order valence-corrected chi connectivity index (χ3v) is 6.20. The number of fused-ring (bicyclic) bond motifs is 1. The molecule has 2 aromatic carbocycles. The van der Waals surface area contributed by atoms with E-state index in [1.54, 1.807) is 24.3 Å². The highest BCUT2D eigenvalue weighted by molar-refractivity contribution is 7.99. The monoisotopic (exact) mass is 466 g/mol. The van der Waals surface area contributed by atoms with Crippen molar-refractivity contribution in [3.05, 3.63) is 69.6 Å². The van der Waals surface area contributed by atoms with Crippen LogP contribution in [0.4, 0.5) is 13.2 Å². The van der Waals surface area contributed by atoms with Gasteiger partial charge in [0.05, 0.1) is 33.8 Å². The number of alkyl halides is 3. The second kappa shape index (κ2) is 8.19. The molecule has 2 aromatic heterocycles. The van der Waals surface area contributed by atoms with Gasteiger partial charge in [-0.05, 0) is 30.3 Å². The molecule has 0 saturated heterocycles. The molecule has 4 aromatic rings. The van der Waals surface area contributed by atoms with Gasteiger partial charge in [0.2, 0.25) is 0 Å². The Morgan fingerprint density at radius 2 is 1.90 bits per heavy atom. The van der Waals surface area contributed by atoms with Gasteiger partial charge in [-0.15, -0.1) is 10.2 Å². The number of hydrogen-bond donors (Lipinski definition) is 1. The van der Waals surface area contributed by atoms with Crippen LogP contribution in [0.15, 0.2) is 58.5 Å². The molecule has 0 radical (unpaired) electrons. The number of carbonyl (C=O) groups is 1. The normalized spacial score (nSPS) is 11.8. The van der Waals surface area contributed by atoms with Crippen LogP contribution in [0.5, 0.6) is 0 Å². The van der Waals surface area contributed by atoms with E-state index >= 15 is 0 Å². The summed E-state index contributed by atoms with van der Waals surface area (Å²) in [5, 5.41) is 17.1. The van der Waals surface area contributed by atoms with Gasteiger partial charge in [-0.2, -0.15) is 13.2 Å². The molecule has 12 heteroatoms. The van der Waals surface area contributed by atoms with Crippen LogP contribution in [0.3, 0.4) is 0 Å². The molecule has 4 rings (SSSR count). The molecule has 2 heterocycles. The molecular formula is C19H13F3N4O3S2. The van der Waals surface area contributed by atoms with Crippen molar-refractivity contribution >= 4 is 39.3 Å². The summed E-state index contributed by atoms with van der Waals surface area (Å²) in [7, 11) is 0. The van der Waals surface area contributed by atoms with Crippen LogP contribution in [-0.2, 0) is 17.5 Å². The topological polar surface area (TPSA) is 90.0 Å². The molecule has 7 nitrogen and oxygen atoms in total. The first kappa shape index (κ1) is 21.1. The lowest BCUT2D eigenvalue weighted by molar-refractivity contribution is -0.137. The van der Waals surface area contributed by atoms with Crippen LogP contribution < -0.4 is 4.87 Å². The maximum Gasteiger partial charge on any atom is 0.416 e. The zero-order chi connectivity index (χ0) is 22.2. The van der Waals surface area contributed by atoms with E-state index in [1.807, 2.05) is 0 Å². The zero-order valence-corrected chi connectivity index (χ0v) is 17.2. The smallest absolute Gasteiger partial charge is 0.416 e. The van der Waals surface area contributed by atoms with Crippen LogP contribution in [0.25, 0.3) is 15.9 Å². The van der Waals surface area contributed by atoms with Crippen molar-refractivity contribution in [2.45, 2.75) is 17.9 Å². The Bertz CT molecular complexity index is 1330. The Balaban J connectivity index is 1.83. The van der Waals surface area contributed by atoms with Gasteiger partial charge < -0.3 is 5.11 Å². The summed E-state index contributed by atoms with van der Waals surface area (Å²) in [6, 6.07) is 11.7. The summed E-state index contributed by atoms with van der Waals surface area (Å²) in [4.78, 5) is 23.2. The predicted octanol–water partition coefficient (Wildman–Crippen LogP) is 3.89. The Labute approximate surface area is 180 Å². The number of aliphatic carboxylic acids is 1. The fourth-order valence-corrected chi connectivity index (χ4v) is 4.59. The number of halogens is 3. The predicted molar refractivity (Wildman–Crippen MR) is 110 cm³/mol. The summed E-state index contributed by atoms with van der Waals surface area (Å²) >= 11 is 1.87. The number of benzene rings is 2. The molecule has 1 N–H and O–H groups in total. The third-order valence-electron chi connectivity index (χ3n) is 4.33. The average Bonchev–Trinajstić information content (AvgIpc) is 3.27. The number of para-hydroxylation sites is 1. The largest absolute Gasteiger partial charge is 0.481 e. The molecule has 31 heavy (non-hydrogen) atoms. The maximum absolute atomic E-state index is 13.2. The highest BCUT2D eigenvalue weighted by atomic mass is 32.2. The lowest BCUT2D eigenvalue weighted by atomic mass is 10.2. The van der Waals surface area contributed by atoms with Crippen LogP contribution in [-0.4, -0.2) is 36.2 Å². The van der Waals surface area contributed by atoms with E-state index in [0.29, 0.717) is 5.52 Å². The molecule has 0 aliphatic heterocycles. The fraction of sp³-hybridized carbons (Fsp3) is 0.158. The molecule has 0 aliphatic rings. The molecule has 0 spiro atoms. The van der Waals surface area contributed by atoms with E-state index < -0.39 is 17.7 Å². The van der Waals surface area contributed by atoms with E-state index in [1.165, 1.54) is 21.3 Å². The molecule has 160 valence electrons. The molecule has 0 unspecified atom stereocenters. The Kier molecular flexibility index (Phi) is 5.58. The molecule has 0 atom stereocenters. The standard InChI is InChI=1S/C19H13F3N4O3S2/c20-19(21,22)11-4-3-5-12(8-11)26-15(23-24-17(26)30-10-16(27)28)9-25-13-6-1-2-7-14(13)31-18(25)29/h1-8H,9-10H2,(H,27,28). The van der Waals surface area contributed by atoms with Crippen molar-refractivity contribution in [1.82, 2.24) is 19.3 Å². The highest BCUT2D eigenvalue weighted by Crippen LogP contribution is 2.32. The number of hydrogen-bond acceptors (Lipinski definition) is 6. The minimum atomic E-state index is -4.56. The van der Waals surface area contributed by atoms with Gasteiger partial charge in [-0.25, -0.2) is 0 Å². The summed E-state index contributed by atoms with van der Waals surface area (Å²) in [5.74, 6) is -1.25. The number of aromatic nitrogens is 4. The molecule has 0 aliphatic carbocycles. The van der Waals surface area contributed by atoms with Crippen molar-refractivity contribution < 1.29 is 23.1 Å². The third kappa shape index (κ3) is 4.35. The first-order chi connectivity index (χ1) is 14.7. The van der Waals surface area contributed by atoms with E-state index in [2.05, 4.69) is 10.2 Å². The van der Waals surface area contributed by atoms with Crippen LogP contribution in [0, 0.1) is 0 Å². The minimum absolute atomic E-state index is 0.0419. The van der Waals surface area contributed by atoms with E-state index in [0.717, 1.165) is 39.9 Å². The maximum atomic E-state index is 13.2. The van der Waals surface area contributed by atoms with Gasteiger partial charge in [0.15, 0.2) is 11.0 Å². The van der Waals surface area contributed by atoms with Crippen LogP contribution in [0.2, 0.25) is 0 Å². The number of thioether (sulfide) groups is 1. The Morgan fingerprint density at radius 1 is 1.13 bits per heavy atom. The number of thiazole rings is 1. The van der Waals surface area contributed by atoms with Crippen LogP contribution >= 0.6 is 23.1 Å². The summed E-state index contributed by atoms with van der Waals surface area (Å²) in [6.07, 6.45) is -4.56.